The van der Waals surface area contributed by atoms with Gasteiger partial charge < -0.3 is 4.90 Å². The van der Waals surface area contributed by atoms with E-state index in [2.05, 4.69) is 10.3 Å². The molecule has 4 nitrogen and oxygen atoms in total. The van der Waals surface area contributed by atoms with Crippen molar-refractivity contribution >= 4 is 11.6 Å². The molecule has 1 amide bonds. The zero-order valence-corrected chi connectivity index (χ0v) is 10.7. The normalized spacial score (nSPS) is 10.2. The molecule has 0 radical (unpaired) electrons. The van der Waals surface area contributed by atoms with Crippen LogP contribution in [0.25, 0.3) is 0 Å². The van der Waals surface area contributed by atoms with E-state index in [9.17, 15) is 9.18 Å². The first-order valence-corrected chi connectivity index (χ1v) is 6.17. The van der Waals surface area contributed by atoms with Gasteiger partial charge >= 0.3 is 0 Å². The third kappa shape index (κ3) is 4.71. The summed E-state index contributed by atoms with van der Waals surface area (Å²) in [6.45, 7) is 3.64. The van der Waals surface area contributed by atoms with E-state index in [1.165, 1.54) is 12.1 Å². The molecule has 0 aliphatic rings. The lowest BCUT2D eigenvalue weighted by Crippen LogP contribution is -2.30. The summed E-state index contributed by atoms with van der Waals surface area (Å²) in [6, 6.07) is 6.55. The number of nitrogens with one attached hydrogen (secondary N) is 1. The third-order valence-electron chi connectivity index (χ3n) is 2.80. The van der Waals surface area contributed by atoms with Crippen LogP contribution in [0.3, 0.4) is 0 Å². The number of benzene rings is 1. The summed E-state index contributed by atoms with van der Waals surface area (Å²) in [5.74, 6) is 4.62. The van der Waals surface area contributed by atoms with Crippen molar-refractivity contribution in [2.75, 3.05) is 18.0 Å². The van der Waals surface area contributed by atoms with E-state index in [-0.39, 0.29) is 11.7 Å². The number of hydrogen-bond acceptors (Lipinski definition) is 3. The van der Waals surface area contributed by atoms with Gasteiger partial charge in [-0.25, -0.2) is 10.2 Å². The molecular formula is C13H20FN3O. The van der Waals surface area contributed by atoms with Crippen LogP contribution in [-0.2, 0) is 4.79 Å². The lowest BCUT2D eigenvalue weighted by atomic mass is 10.2. The maximum atomic E-state index is 13.1. The van der Waals surface area contributed by atoms with E-state index in [1.807, 2.05) is 13.0 Å². The van der Waals surface area contributed by atoms with Crippen LogP contribution in [0.15, 0.2) is 24.3 Å². The highest BCUT2D eigenvalue weighted by atomic mass is 19.1. The monoisotopic (exact) mass is 253 g/mol. The van der Waals surface area contributed by atoms with Crippen molar-refractivity contribution in [3.05, 3.63) is 30.1 Å². The maximum Gasteiger partial charge on any atom is 0.233 e. The molecule has 3 N–H and O–H groups in total. The Labute approximate surface area is 107 Å². The van der Waals surface area contributed by atoms with Gasteiger partial charge in [0, 0.05) is 25.2 Å². The van der Waals surface area contributed by atoms with Crippen molar-refractivity contribution in [2.45, 2.75) is 26.2 Å². The molecule has 100 valence electrons. The number of carbonyl (C=O) groups excluding carboxylic acids is 1. The van der Waals surface area contributed by atoms with Gasteiger partial charge in [-0.1, -0.05) is 6.07 Å². The van der Waals surface area contributed by atoms with E-state index >= 15 is 0 Å². The molecule has 1 aromatic rings. The summed E-state index contributed by atoms with van der Waals surface area (Å²) in [5, 5.41) is 0. The van der Waals surface area contributed by atoms with E-state index < -0.39 is 0 Å². The summed E-state index contributed by atoms with van der Waals surface area (Å²) in [5.41, 5.74) is 2.98. The van der Waals surface area contributed by atoms with Crippen molar-refractivity contribution in [3.63, 3.8) is 0 Å². The van der Waals surface area contributed by atoms with Crippen molar-refractivity contribution < 1.29 is 9.18 Å². The second-order valence-electron chi connectivity index (χ2n) is 4.08. The molecule has 1 rings (SSSR count). The SMILES string of the molecule is CCN(CCCCC(=O)NN)c1cccc(F)c1. The number of hydrogen-bond donors (Lipinski definition) is 2. The topological polar surface area (TPSA) is 58.4 Å². The molecular weight excluding hydrogens is 233 g/mol. The second-order valence-corrected chi connectivity index (χ2v) is 4.08. The highest BCUT2D eigenvalue weighted by molar-refractivity contribution is 5.75. The Hall–Kier alpha value is -1.62. The fourth-order valence-electron chi connectivity index (χ4n) is 1.80. The molecule has 0 unspecified atom stereocenters. The number of rotatable bonds is 7. The van der Waals surface area contributed by atoms with Crippen LogP contribution in [0.2, 0.25) is 0 Å². The van der Waals surface area contributed by atoms with Gasteiger partial charge in [-0.15, -0.1) is 0 Å². The average Bonchev–Trinajstić information content (AvgIpc) is 2.38. The number of hydrazine groups is 1. The molecule has 18 heavy (non-hydrogen) atoms. The summed E-state index contributed by atoms with van der Waals surface area (Å²) in [6.07, 6.45) is 2.07. The Balaban J connectivity index is 2.40. The number of halogens is 1. The Kier molecular flexibility index (Phi) is 6.14. The number of amides is 1. The van der Waals surface area contributed by atoms with Gasteiger partial charge in [-0.3, -0.25) is 10.2 Å². The largest absolute Gasteiger partial charge is 0.372 e. The predicted molar refractivity (Wildman–Crippen MR) is 70.5 cm³/mol. The molecule has 0 fully saturated rings. The lowest BCUT2D eigenvalue weighted by molar-refractivity contribution is -0.121. The Morgan fingerprint density at radius 2 is 2.22 bits per heavy atom. The van der Waals surface area contributed by atoms with Crippen molar-refractivity contribution in [1.29, 1.82) is 0 Å². The fraction of sp³-hybridized carbons (Fsp3) is 0.462. The van der Waals surface area contributed by atoms with Crippen LogP contribution < -0.4 is 16.2 Å². The lowest BCUT2D eigenvalue weighted by Gasteiger charge is -2.23. The van der Waals surface area contributed by atoms with Gasteiger partial charge in [0.05, 0.1) is 0 Å². The minimum Gasteiger partial charge on any atom is -0.372 e. The minimum atomic E-state index is -0.228. The van der Waals surface area contributed by atoms with Crippen LogP contribution in [0.4, 0.5) is 10.1 Å². The van der Waals surface area contributed by atoms with Gasteiger partial charge in [0.2, 0.25) is 5.91 Å². The zero-order chi connectivity index (χ0) is 13.4. The summed E-state index contributed by atoms with van der Waals surface area (Å²) < 4.78 is 13.1. The van der Waals surface area contributed by atoms with E-state index in [0.29, 0.717) is 6.42 Å². The van der Waals surface area contributed by atoms with E-state index in [0.717, 1.165) is 31.6 Å². The highest BCUT2D eigenvalue weighted by Crippen LogP contribution is 2.16. The maximum absolute atomic E-state index is 13.1. The van der Waals surface area contributed by atoms with Gasteiger partial charge in [0.25, 0.3) is 0 Å². The second kappa shape index (κ2) is 7.66. The molecule has 0 atom stereocenters. The molecule has 0 bridgehead atoms. The number of nitrogens with zero attached hydrogens (tertiary/aromatic N) is 1. The molecule has 0 aromatic heterocycles. The minimum absolute atomic E-state index is 0.149. The van der Waals surface area contributed by atoms with Gasteiger partial charge in [0.1, 0.15) is 5.82 Å². The number of anilines is 1. The molecule has 1 aromatic carbocycles. The first kappa shape index (κ1) is 14.4. The Morgan fingerprint density at radius 1 is 1.44 bits per heavy atom. The number of nitrogens with two attached hydrogens (primary N) is 1. The molecule has 0 spiro atoms. The average molecular weight is 253 g/mol. The van der Waals surface area contributed by atoms with Gasteiger partial charge in [-0.2, -0.15) is 0 Å². The number of carbonyl (C=O) groups is 1. The van der Waals surface area contributed by atoms with Crippen LogP contribution in [0.1, 0.15) is 26.2 Å². The van der Waals surface area contributed by atoms with E-state index in [4.69, 9.17) is 5.84 Å². The van der Waals surface area contributed by atoms with Crippen LogP contribution >= 0.6 is 0 Å². The molecule has 0 aliphatic carbocycles. The van der Waals surface area contributed by atoms with Crippen LogP contribution in [-0.4, -0.2) is 19.0 Å². The summed E-state index contributed by atoms with van der Waals surface area (Å²) in [7, 11) is 0. The standard InChI is InChI=1S/C13H20FN3O/c1-2-17(9-4-3-8-13(18)16-15)12-7-5-6-11(14)10-12/h5-7,10H,2-4,8-9,15H2,1H3,(H,16,18). The van der Waals surface area contributed by atoms with Crippen molar-refractivity contribution in [3.8, 4) is 0 Å². The first-order valence-electron chi connectivity index (χ1n) is 6.17. The van der Waals surface area contributed by atoms with Gasteiger partial charge in [-0.05, 0) is 38.0 Å². The highest BCUT2D eigenvalue weighted by Gasteiger charge is 2.05. The zero-order valence-electron chi connectivity index (χ0n) is 10.7. The van der Waals surface area contributed by atoms with E-state index in [1.54, 1.807) is 6.07 Å². The Morgan fingerprint density at radius 3 is 2.83 bits per heavy atom. The summed E-state index contributed by atoms with van der Waals surface area (Å²) >= 11 is 0. The van der Waals surface area contributed by atoms with Crippen molar-refractivity contribution in [1.82, 2.24) is 5.43 Å². The molecule has 0 aliphatic heterocycles. The van der Waals surface area contributed by atoms with Crippen LogP contribution in [0.5, 0.6) is 0 Å². The predicted octanol–water partition coefficient (Wildman–Crippen LogP) is 1.81. The smallest absolute Gasteiger partial charge is 0.233 e. The summed E-state index contributed by atoms with van der Waals surface area (Å²) in [4.78, 5) is 13.0. The Bertz CT molecular complexity index is 384. The molecule has 0 heterocycles. The molecule has 0 saturated carbocycles. The molecule has 5 heteroatoms. The fourth-order valence-corrected chi connectivity index (χ4v) is 1.80. The van der Waals surface area contributed by atoms with Crippen LogP contribution in [0, 0.1) is 5.82 Å². The molecule has 0 saturated heterocycles. The number of unbranched alkanes of at least 4 members (excludes halogenated alkanes) is 1. The first-order chi connectivity index (χ1) is 8.67. The quantitative estimate of drug-likeness (QED) is 0.337. The third-order valence-corrected chi connectivity index (χ3v) is 2.80. The van der Waals surface area contributed by atoms with Crippen molar-refractivity contribution in [2.24, 2.45) is 5.84 Å². The van der Waals surface area contributed by atoms with Gasteiger partial charge in [0.15, 0.2) is 0 Å².